The van der Waals surface area contributed by atoms with Gasteiger partial charge in [-0.25, -0.2) is 12.8 Å². The number of hydrogen-bond donors (Lipinski definition) is 1. The van der Waals surface area contributed by atoms with Crippen molar-refractivity contribution in [1.29, 1.82) is 0 Å². The van der Waals surface area contributed by atoms with Gasteiger partial charge in [-0.05, 0) is 49.3 Å². The number of fused-ring (bicyclic) bond motifs is 1. The van der Waals surface area contributed by atoms with Crippen LogP contribution in [0.4, 0.5) is 4.39 Å². The third-order valence-electron chi connectivity index (χ3n) is 4.90. The molecule has 1 aromatic carbocycles. The highest BCUT2D eigenvalue weighted by molar-refractivity contribution is 7.89. The summed E-state index contributed by atoms with van der Waals surface area (Å²) in [5, 5.41) is 0. The van der Waals surface area contributed by atoms with Crippen molar-refractivity contribution < 1.29 is 12.8 Å². The van der Waals surface area contributed by atoms with Gasteiger partial charge in [0.05, 0.1) is 4.90 Å². The molecule has 1 aliphatic heterocycles. The van der Waals surface area contributed by atoms with Crippen molar-refractivity contribution in [1.82, 2.24) is 4.31 Å². The Bertz CT molecular complexity index is 647. The molecule has 3 atom stereocenters. The van der Waals surface area contributed by atoms with E-state index in [1.165, 1.54) is 16.4 Å². The Hall–Kier alpha value is -0.980. The van der Waals surface area contributed by atoms with Crippen molar-refractivity contribution in [3.63, 3.8) is 0 Å². The van der Waals surface area contributed by atoms with E-state index >= 15 is 0 Å². The Labute approximate surface area is 125 Å². The van der Waals surface area contributed by atoms with Crippen LogP contribution in [0.15, 0.2) is 23.1 Å². The zero-order valence-electron chi connectivity index (χ0n) is 12.1. The highest BCUT2D eigenvalue weighted by atomic mass is 32.2. The number of sulfonamides is 1. The highest BCUT2D eigenvalue weighted by Gasteiger charge is 2.43. The minimum absolute atomic E-state index is 0.0396. The van der Waals surface area contributed by atoms with E-state index in [0.717, 1.165) is 25.3 Å². The van der Waals surface area contributed by atoms with Gasteiger partial charge in [0.25, 0.3) is 0 Å². The molecule has 0 aromatic heterocycles. The molecule has 2 N–H and O–H groups in total. The third-order valence-corrected chi connectivity index (χ3v) is 6.73. The van der Waals surface area contributed by atoms with E-state index in [9.17, 15) is 12.8 Å². The molecule has 3 unspecified atom stereocenters. The maximum absolute atomic E-state index is 13.7. The minimum atomic E-state index is -3.62. The fraction of sp³-hybridized carbons (Fsp3) is 0.600. The van der Waals surface area contributed by atoms with Crippen molar-refractivity contribution in [2.75, 3.05) is 13.1 Å². The highest BCUT2D eigenvalue weighted by Crippen LogP contribution is 2.37. The summed E-state index contributed by atoms with van der Waals surface area (Å²) in [6.45, 7) is 2.59. The summed E-state index contributed by atoms with van der Waals surface area (Å²) in [7, 11) is -3.62. The van der Waals surface area contributed by atoms with Crippen LogP contribution >= 0.6 is 0 Å². The maximum Gasteiger partial charge on any atom is 0.243 e. The molecule has 116 valence electrons. The summed E-state index contributed by atoms with van der Waals surface area (Å²) in [6, 6.07) is 4.19. The summed E-state index contributed by atoms with van der Waals surface area (Å²) in [5.41, 5.74) is 6.58. The summed E-state index contributed by atoms with van der Waals surface area (Å²) in [5.74, 6) is 0.104. The lowest BCUT2D eigenvalue weighted by atomic mass is 9.78. The molecule has 2 fully saturated rings. The number of benzene rings is 1. The second-order valence-electron chi connectivity index (χ2n) is 6.25. The van der Waals surface area contributed by atoms with Gasteiger partial charge in [-0.2, -0.15) is 4.31 Å². The van der Waals surface area contributed by atoms with Gasteiger partial charge in [0.15, 0.2) is 0 Å². The Morgan fingerprint density at radius 1 is 1.29 bits per heavy atom. The smallest absolute Gasteiger partial charge is 0.243 e. The predicted molar refractivity (Wildman–Crippen MR) is 78.7 cm³/mol. The molecule has 1 aliphatic carbocycles. The molecule has 1 saturated carbocycles. The van der Waals surface area contributed by atoms with Crippen LogP contribution in [-0.2, 0) is 10.0 Å². The lowest BCUT2D eigenvalue weighted by molar-refractivity contribution is 0.260. The molecule has 0 radical (unpaired) electrons. The Kier molecular flexibility index (Phi) is 3.80. The zero-order chi connectivity index (χ0) is 15.2. The standard InChI is InChI=1S/C15H21FN2O2S/c1-10-5-6-12(7-14(10)16)21(19,20)18-8-11-3-2-4-15(17)13(11)9-18/h5-7,11,13,15H,2-4,8-9,17H2,1H3. The molecule has 21 heavy (non-hydrogen) atoms. The van der Waals surface area contributed by atoms with Crippen molar-refractivity contribution in [3.05, 3.63) is 29.6 Å². The number of aryl methyl sites for hydroxylation is 1. The number of nitrogens with two attached hydrogens (primary N) is 1. The van der Waals surface area contributed by atoms with E-state index < -0.39 is 15.8 Å². The molecule has 4 nitrogen and oxygen atoms in total. The minimum Gasteiger partial charge on any atom is -0.327 e. The zero-order valence-corrected chi connectivity index (χ0v) is 12.9. The summed E-state index contributed by atoms with van der Waals surface area (Å²) in [4.78, 5) is 0.0396. The number of rotatable bonds is 2. The summed E-state index contributed by atoms with van der Waals surface area (Å²) >= 11 is 0. The van der Waals surface area contributed by atoms with Crippen molar-refractivity contribution in [2.24, 2.45) is 17.6 Å². The maximum atomic E-state index is 13.7. The first-order valence-electron chi connectivity index (χ1n) is 7.41. The van der Waals surface area contributed by atoms with Crippen molar-refractivity contribution in [3.8, 4) is 0 Å². The Morgan fingerprint density at radius 3 is 2.71 bits per heavy atom. The van der Waals surface area contributed by atoms with E-state index in [0.29, 0.717) is 24.6 Å². The molecular formula is C15H21FN2O2S. The van der Waals surface area contributed by atoms with Crippen molar-refractivity contribution in [2.45, 2.75) is 37.1 Å². The van der Waals surface area contributed by atoms with Gasteiger partial charge in [0.2, 0.25) is 10.0 Å². The third kappa shape index (κ3) is 2.60. The molecule has 0 bridgehead atoms. The fourth-order valence-corrected chi connectivity index (χ4v) is 5.10. The van der Waals surface area contributed by atoms with Gasteiger partial charge in [-0.1, -0.05) is 12.5 Å². The summed E-state index contributed by atoms with van der Waals surface area (Å²) < 4.78 is 40.5. The Balaban J connectivity index is 1.87. The van der Waals surface area contributed by atoms with Crippen LogP contribution in [0.3, 0.4) is 0 Å². The molecule has 6 heteroatoms. The second-order valence-corrected chi connectivity index (χ2v) is 8.19. The van der Waals surface area contributed by atoms with Crippen LogP contribution in [0.25, 0.3) is 0 Å². The SMILES string of the molecule is Cc1ccc(S(=O)(=O)N2CC3CCCC(N)C3C2)cc1F. The van der Waals surface area contributed by atoms with Crippen molar-refractivity contribution >= 4 is 10.0 Å². The number of hydrogen-bond acceptors (Lipinski definition) is 3. The normalized spacial score (nSPS) is 30.3. The predicted octanol–water partition coefficient (Wildman–Crippen LogP) is 1.88. The molecule has 0 amide bonds. The van der Waals surface area contributed by atoms with Gasteiger partial charge >= 0.3 is 0 Å². The average Bonchev–Trinajstić information content (AvgIpc) is 2.88. The van der Waals surface area contributed by atoms with E-state index in [1.807, 2.05) is 0 Å². The molecule has 1 saturated heterocycles. The fourth-order valence-electron chi connectivity index (χ4n) is 3.56. The lowest BCUT2D eigenvalue weighted by Crippen LogP contribution is -2.38. The lowest BCUT2D eigenvalue weighted by Gasteiger charge is -2.29. The van der Waals surface area contributed by atoms with E-state index in [2.05, 4.69) is 0 Å². The molecule has 1 heterocycles. The molecule has 2 aliphatic rings. The topological polar surface area (TPSA) is 63.4 Å². The largest absolute Gasteiger partial charge is 0.327 e. The van der Waals surface area contributed by atoms with Gasteiger partial charge in [0.1, 0.15) is 5.82 Å². The van der Waals surface area contributed by atoms with E-state index in [1.54, 1.807) is 6.92 Å². The first kappa shape index (κ1) is 14.9. The summed E-state index contributed by atoms with van der Waals surface area (Å²) in [6.07, 6.45) is 3.07. The van der Waals surface area contributed by atoms with Crippen LogP contribution in [0, 0.1) is 24.6 Å². The van der Waals surface area contributed by atoms with Crippen LogP contribution in [0.1, 0.15) is 24.8 Å². The average molecular weight is 312 g/mol. The van der Waals surface area contributed by atoms with Crippen LogP contribution in [-0.4, -0.2) is 31.9 Å². The molecule has 1 aromatic rings. The molecule has 3 rings (SSSR count). The quantitative estimate of drug-likeness (QED) is 0.907. The first-order valence-corrected chi connectivity index (χ1v) is 8.85. The van der Waals surface area contributed by atoms with E-state index in [4.69, 9.17) is 5.73 Å². The number of halogens is 1. The van der Waals surface area contributed by atoms with Gasteiger partial charge < -0.3 is 5.73 Å². The van der Waals surface area contributed by atoms with Gasteiger partial charge in [-0.3, -0.25) is 0 Å². The number of nitrogens with zero attached hydrogens (tertiary/aromatic N) is 1. The van der Waals surface area contributed by atoms with Crippen LogP contribution in [0.5, 0.6) is 0 Å². The first-order chi connectivity index (χ1) is 9.89. The molecule has 0 spiro atoms. The Morgan fingerprint density at radius 2 is 2.05 bits per heavy atom. The van der Waals surface area contributed by atoms with Gasteiger partial charge in [0, 0.05) is 19.1 Å². The molecular weight excluding hydrogens is 291 g/mol. The van der Waals surface area contributed by atoms with Gasteiger partial charge in [-0.15, -0.1) is 0 Å². The monoisotopic (exact) mass is 312 g/mol. The van der Waals surface area contributed by atoms with E-state index in [-0.39, 0.29) is 16.9 Å². The van der Waals surface area contributed by atoms with Crippen LogP contribution in [0.2, 0.25) is 0 Å². The second kappa shape index (κ2) is 5.34. The van der Waals surface area contributed by atoms with Crippen LogP contribution < -0.4 is 5.73 Å².